The Labute approximate surface area is 188 Å². The molecule has 0 aliphatic rings. The molecule has 32 heavy (non-hydrogen) atoms. The van der Waals surface area contributed by atoms with E-state index < -0.39 is 0 Å². The van der Waals surface area contributed by atoms with Gasteiger partial charge in [-0.2, -0.15) is 0 Å². The van der Waals surface area contributed by atoms with Crippen LogP contribution in [0.15, 0.2) is 115 Å². The van der Waals surface area contributed by atoms with Crippen LogP contribution in [0.2, 0.25) is 0 Å². The Morgan fingerprint density at radius 2 is 1.12 bits per heavy atom. The molecule has 0 bridgehead atoms. The monoisotopic (exact) mass is 414 g/mol. The number of hydrogen-bond donors (Lipinski definition) is 1. The summed E-state index contributed by atoms with van der Waals surface area (Å²) in [6.07, 6.45) is 0. The first kappa shape index (κ1) is 19.9. The maximum Gasteiger partial charge on any atom is 0.0542 e. The van der Waals surface area contributed by atoms with Crippen LogP contribution in [-0.2, 0) is 0 Å². The van der Waals surface area contributed by atoms with Crippen LogP contribution >= 0.6 is 0 Å². The van der Waals surface area contributed by atoms with E-state index in [9.17, 15) is 0 Å². The van der Waals surface area contributed by atoms with Gasteiger partial charge < -0.3 is 9.88 Å². The molecule has 0 spiro atoms. The van der Waals surface area contributed by atoms with E-state index in [1.807, 2.05) is 13.8 Å². The summed E-state index contributed by atoms with van der Waals surface area (Å²) in [4.78, 5) is 0. The summed E-state index contributed by atoms with van der Waals surface area (Å²) in [7, 11) is 0. The van der Waals surface area contributed by atoms with Gasteiger partial charge in [0.15, 0.2) is 0 Å². The third-order valence-electron chi connectivity index (χ3n) is 5.73. The molecule has 1 N–H and O–H groups in total. The van der Waals surface area contributed by atoms with Gasteiger partial charge in [-0.25, -0.2) is 0 Å². The Bertz CT molecular complexity index is 1510. The van der Waals surface area contributed by atoms with Gasteiger partial charge in [0, 0.05) is 27.8 Å². The molecule has 156 valence electrons. The summed E-state index contributed by atoms with van der Waals surface area (Å²) in [5, 5.41) is 8.60. The van der Waals surface area contributed by atoms with Gasteiger partial charge in [-0.3, -0.25) is 0 Å². The summed E-state index contributed by atoms with van der Waals surface area (Å²) in [6.45, 7) is 4.00. The van der Waals surface area contributed by atoms with E-state index >= 15 is 0 Å². The molecule has 2 heteroatoms. The number of nitrogens with zero attached hydrogens (tertiary/aromatic N) is 1. The van der Waals surface area contributed by atoms with Gasteiger partial charge in [0.1, 0.15) is 0 Å². The second-order valence-electron chi connectivity index (χ2n) is 7.61. The lowest BCUT2D eigenvalue weighted by molar-refractivity contribution is 1.18. The fourth-order valence-electron chi connectivity index (χ4n) is 4.34. The normalized spacial score (nSPS) is 10.8. The van der Waals surface area contributed by atoms with Crippen LogP contribution in [0.1, 0.15) is 13.8 Å². The molecule has 1 heterocycles. The first-order valence-corrected chi connectivity index (χ1v) is 11.2. The standard InChI is InChI=1S/C28H20N2.C2H6/c1-2-10-24(11-3-1)30-27-13-7-6-12-25(27)26-19-23(16-17-28(26)30)29-22-15-14-20-8-4-5-9-21(20)18-22;1-2/h1-19,29H;1-2H3. The Morgan fingerprint density at radius 3 is 1.97 bits per heavy atom. The van der Waals surface area contributed by atoms with E-state index in [1.165, 1.54) is 38.3 Å². The second kappa shape index (κ2) is 8.60. The SMILES string of the molecule is CC.c1ccc(-n2c3ccccc3c3cc(Nc4ccc5ccccc5c4)ccc32)cc1. The molecule has 0 radical (unpaired) electrons. The number of nitrogens with one attached hydrogen (secondary N) is 1. The highest BCUT2D eigenvalue weighted by Gasteiger charge is 2.12. The molecule has 0 amide bonds. The predicted molar refractivity (Wildman–Crippen MR) is 139 cm³/mol. The summed E-state index contributed by atoms with van der Waals surface area (Å²) < 4.78 is 2.34. The summed E-state index contributed by atoms with van der Waals surface area (Å²) in [5.74, 6) is 0. The van der Waals surface area contributed by atoms with Crippen LogP contribution in [0.4, 0.5) is 11.4 Å². The Hall–Kier alpha value is -4.04. The zero-order valence-electron chi connectivity index (χ0n) is 18.4. The molecule has 0 aliphatic carbocycles. The minimum absolute atomic E-state index is 1.09. The van der Waals surface area contributed by atoms with Gasteiger partial charge in [-0.1, -0.05) is 80.6 Å². The highest BCUT2D eigenvalue weighted by molar-refractivity contribution is 6.10. The lowest BCUT2D eigenvalue weighted by Crippen LogP contribution is -1.93. The van der Waals surface area contributed by atoms with E-state index in [0.717, 1.165) is 11.4 Å². The Kier molecular flexibility index (Phi) is 5.35. The van der Waals surface area contributed by atoms with E-state index in [1.54, 1.807) is 0 Å². The molecule has 6 aromatic rings. The van der Waals surface area contributed by atoms with Crippen molar-refractivity contribution in [1.29, 1.82) is 0 Å². The fourth-order valence-corrected chi connectivity index (χ4v) is 4.34. The number of aromatic nitrogens is 1. The minimum atomic E-state index is 1.09. The highest BCUT2D eigenvalue weighted by Crippen LogP contribution is 2.34. The molecule has 0 saturated carbocycles. The zero-order chi connectivity index (χ0) is 21.9. The Balaban J connectivity index is 0.00000105. The minimum Gasteiger partial charge on any atom is -0.355 e. The maximum atomic E-state index is 3.59. The number of rotatable bonds is 3. The van der Waals surface area contributed by atoms with Crippen LogP contribution in [0.5, 0.6) is 0 Å². The van der Waals surface area contributed by atoms with Crippen LogP contribution in [0.25, 0.3) is 38.3 Å². The molecule has 5 aromatic carbocycles. The second-order valence-corrected chi connectivity index (χ2v) is 7.61. The van der Waals surface area contributed by atoms with Crippen molar-refractivity contribution in [2.24, 2.45) is 0 Å². The molecule has 0 saturated heterocycles. The van der Waals surface area contributed by atoms with Crippen molar-refractivity contribution in [2.45, 2.75) is 13.8 Å². The smallest absolute Gasteiger partial charge is 0.0542 e. The number of benzene rings is 5. The van der Waals surface area contributed by atoms with Gasteiger partial charge in [0.05, 0.1) is 11.0 Å². The Morgan fingerprint density at radius 1 is 0.500 bits per heavy atom. The number of para-hydroxylation sites is 2. The molecule has 0 unspecified atom stereocenters. The van der Waals surface area contributed by atoms with Gasteiger partial charge in [0.25, 0.3) is 0 Å². The van der Waals surface area contributed by atoms with E-state index in [-0.39, 0.29) is 0 Å². The molecular weight excluding hydrogens is 388 g/mol. The average Bonchev–Trinajstić information content (AvgIpc) is 3.19. The highest BCUT2D eigenvalue weighted by atomic mass is 15.0. The summed E-state index contributed by atoms with van der Waals surface area (Å²) >= 11 is 0. The van der Waals surface area contributed by atoms with Crippen molar-refractivity contribution in [3.8, 4) is 5.69 Å². The molecule has 0 fully saturated rings. The van der Waals surface area contributed by atoms with Gasteiger partial charge in [-0.15, -0.1) is 0 Å². The summed E-state index contributed by atoms with van der Waals surface area (Å²) in [5.41, 5.74) is 5.81. The van der Waals surface area contributed by atoms with E-state index in [0.29, 0.717) is 0 Å². The molecular formula is C30H26N2. The number of anilines is 2. The molecule has 6 rings (SSSR count). The quantitative estimate of drug-likeness (QED) is 0.306. The van der Waals surface area contributed by atoms with Gasteiger partial charge in [-0.05, 0) is 59.3 Å². The van der Waals surface area contributed by atoms with Crippen LogP contribution in [0, 0.1) is 0 Å². The van der Waals surface area contributed by atoms with Crippen LogP contribution < -0.4 is 5.32 Å². The van der Waals surface area contributed by atoms with Crippen molar-refractivity contribution in [1.82, 2.24) is 4.57 Å². The third kappa shape index (κ3) is 3.50. The lowest BCUT2D eigenvalue weighted by atomic mass is 10.1. The van der Waals surface area contributed by atoms with E-state index in [2.05, 4.69) is 125 Å². The topological polar surface area (TPSA) is 17.0 Å². The van der Waals surface area contributed by atoms with Crippen molar-refractivity contribution in [3.63, 3.8) is 0 Å². The van der Waals surface area contributed by atoms with Crippen LogP contribution in [-0.4, -0.2) is 4.57 Å². The molecule has 0 aliphatic heterocycles. The first-order valence-electron chi connectivity index (χ1n) is 11.2. The largest absolute Gasteiger partial charge is 0.355 e. The molecule has 1 aromatic heterocycles. The maximum absolute atomic E-state index is 3.59. The van der Waals surface area contributed by atoms with E-state index in [4.69, 9.17) is 0 Å². The summed E-state index contributed by atoms with van der Waals surface area (Å²) in [6, 6.07) is 40.8. The molecule has 0 atom stereocenters. The van der Waals surface area contributed by atoms with Crippen molar-refractivity contribution in [3.05, 3.63) is 115 Å². The van der Waals surface area contributed by atoms with Crippen molar-refractivity contribution in [2.75, 3.05) is 5.32 Å². The fraction of sp³-hybridized carbons (Fsp3) is 0.0667. The predicted octanol–water partition coefficient (Wildman–Crippen LogP) is 8.71. The average molecular weight is 415 g/mol. The van der Waals surface area contributed by atoms with Crippen molar-refractivity contribution < 1.29 is 0 Å². The molecule has 2 nitrogen and oxygen atoms in total. The van der Waals surface area contributed by atoms with Crippen LogP contribution in [0.3, 0.4) is 0 Å². The number of hydrogen-bond acceptors (Lipinski definition) is 1. The number of fused-ring (bicyclic) bond motifs is 4. The van der Waals surface area contributed by atoms with Gasteiger partial charge >= 0.3 is 0 Å². The first-order chi connectivity index (χ1) is 15.9. The van der Waals surface area contributed by atoms with Crippen molar-refractivity contribution >= 4 is 44.0 Å². The lowest BCUT2D eigenvalue weighted by Gasteiger charge is -2.10. The van der Waals surface area contributed by atoms with Gasteiger partial charge in [0.2, 0.25) is 0 Å². The zero-order valence-corrected chi connectivity index (χ0v) is 18.4. The third-order valence-corrected chi connectivity index (χ3v) is 5.73.